The van der Waals surface area contributed by atoms with E-state index in [0.29, 0.717) is 19.3 Å². The van der Waals surface area contributed by atoms with Crippen LogP contribution in [0.3, 0.4) is 0 Å². The molecule has 470 valence electrons. The van der Waals surface area contributed by atoms with Gasteiger partial charge >= 0.3 is 17.9 Å². The first-order chi connectivity index (χ1) is 40.5. The Morgan fingerprint density at radius 2 is 0.476 bits per heavy atom. The standard InChI is InChI=1S/C76H130O6/c1-4-7-10-13-16-19-22-25-28-30-32-33-34-35-36-37-38-39-40-41-42-43-44-46-48-51-54-57-60-63-66-69-75(78)81-72-73(71-80-74(77)68-65-62-59-56-53-50-47-27-24-21-18-15-12-9-6-3)82-76(79)70-67-64-61-58-55-52-49-45-31-29-26-23-20-17-14-11-8-5-2/h7,10,16,19-20,23,25,27-29,31-33,35-36,38-39,47,73H,4-6,8-9,11-15,17-18,21-22,24,26,30,34,37,40-46,48-72H2,1-3H3/b10-7-,19-16-,23-20-,28-25-,31-29-,33-32-,36-35-,39-38-,47-27-. The molecule has 0 aromatic carbocycles. The molecule has 1 unspecified atom stereocenters. The van der Waals surface area contributed by atoms with Crippen LogP contribution in [0.15, 0.2) is 109 Å². The summed E-state index contributed by atoms with van der Waals surface area (Å²) in [6.45, 7) is 6.52. The molecule has 0 aromatic heterocycles. The Bertz CT molecular complexity index is 1640. The van der Waals surface area contributed by atoms with Crippen LogP contribution in [0.1, 0.15) is 335 Å². The number of rotatable bonds is 63. The topological polar surface area (TPSA) is 78.9 Å². The molecule has 0 heterocycles. The maximum atomic E-state index is 12.9. The van der Waals surface area contributed by atoms with E-state index in [1.165, 1.54) is 180 Å². The van der Waals surface area contributed by atoms with Gasteiger partial charge in [0, 0.05) is 19.3 Å². The van der Waals surface area contributed by atoms with E-state index >= 15 is 0 Å². The molecule has 0 bridgehead atoms. The molecule has 0 saturated carbocycles. The zero-order valence-corrected chi connectivity index (χ0v) is 54.0. The average Bonchev–Trinajstić information content (AvgIpc) is 3.47. The van der Waals surface area contributed by atoms with Gasteiger partial charge in [0.1, 0.15) is 13.2 Å². The highest BCUT2D eigenvalue weighted by atomic mass is 16.6. The molecule has 0 N–H and O–H groups in total. The van der Waals surface area contributed by atoms with Crippen molar-refractivity contribution in [1.82, 2.24) is 0 Å². The van der Waals surface area contributed by atoms with Crippen molar-refractivity contribution < 1.29 is 28.6 Å². The Kier molecular flexibility index (Phi) is 66.2. The molecule has 6 nitrogen and oxygen atoms in total. The number of carbonyl (C=O) groups excluding carboxylic acids is 3. The van der Waals surface area contributed by atoms with Crippen LogP contribution in [-0.2, 0) is 28.6 Å². The molecule has 6 heteroatoms. The van der Waals surface area contributed by atoms with Crippen molar-refractivity contribution >= 4 is 17.9 Å². The zero-order valence-electron chi connectivity index (χ0n) is 54.0. The van der Waals surface area contributed by atoms with Crippen LogP contribution >= 0.6 is 0 Å². The Morgan fingerprint density at radius 1 is 0.256 bits per heavy atom. The first kappa shape index (κ1) is 78.1. The molecule has 0 rings (SSSR count). The summed E-state index contributed by atoms with van der Waals surface area (Å²) < 4.78 is 17.0. The second kappa shape index (κ2) is 69.6. The monoisotopic (exact) mass is 1140 g/mol. The van der Waals surface area contributed by atoms with Gasteiger partial charge in [-0.1, -0.05) is 297 Å². The van der Waals surface area contributed by atoms with Gasteiger partial charge in [-0.3, -0.25) is 14.4 Å². The van der Waals surface area contributed by atoms with E-state index in [1.54, 1.807) is 0 Å². The van der Waals surface area contributed by atoms with E-state index in [-0.39, 0.29) is 31.1 Å². The zero-order chi connectivity index (χ0) is 59.2. The second-order valence-corrected chi connectivity index (χ2v) is 23.1. The predicted octanol–water partition coefficient (Wildman–Crippen LogP) is 24.2. The number of hydrogen-bond acceptors (Lipinski definition) is 6. The predicted molar refractivity (Wildman–Crippen MR) is 357 cm³/mol. The van der Waals surface area contributed by atoms with Crippen molar-refractivity contribution in [3.8, 4) is 0 Å². The minimum atomic E-state index is -0.788. The van der Waals surface area contributed by atoms with Crippen LogP contribution in [0.2, 0.25) is 0 Å². The Labute approximate surface area is 508 Å². The lowest BCUT2D eigenvalue weighted by molar-refractivity contribution is -0.167. The lowest BCUT2D eigenvalue weighted by Gasteiger charge is -2.18. The molecule has 82 heavy (non-hydrogen) atoms. The molecule has 0 spiro atoms. The van der Waals surface area contributed by atoms with Crippen molar-refractivity contribution in [2.45, 2.75) is 341 Å². The smallest absolute Gasteiger partial charge is 0.306 e. The number of hydrogen-bond donors (Lipinski definition) is 0. The van der Waals surface area contributed by atoms with E-state index in [9.17, 15) is 14.4 Å². The van der Waals surface area contributed by atoms with E-state index in [0.717, 1.165) is 116 Å². The van der Waals surface area contributed by atoms with Crippen LogP contribution in [0.25, 0.3) is 0 Å². The van der Waals surface area contributed by atoms with E-state index in [4.69, 9.17) is 14.2 Å². The molecule has 0 radical (unpaired) electrons. The third kappa shape index (κ3) is 66.9. The molecule has 0 aromatic rings. The fraction of sp³-hybridized carbons (Fsp3) is 0.724. The lowest BCUT2D eigenvalue weighted by Crippen LogP contribution is -2.30. The van der Waals surface area contributed by atoms with Crippen LogP contribution in [-0.4, -0.2) is 37.2 Å². The number of carbonyl (C=O) groups is 3. The molecule has 0 aliphatic heterocycles. The summed E-state index contributed by atoms with van der Waals surface area (Å²) in [7, 11) is 0. The van der Waals surface area contributed by atoms with Crippen LogP contribution in [0.4, 0.5) is 0 Å². The van der Waals surface area contributed by atoms with Crippen LogP contribution in [0.5, 0.6) is 0 Å². The highest BCUT2D eigenvalue weighted by Gasteiger charge is 2.19. The van der Waals surface area contributed by atoms with Gasteiger partial charge in [0.25, 0.3) is 0 Å². The molecule has 0 saturated heterocycles. The summed E-state index contributed by atoms with van der Waals surface area (Å²) in [6, 6.07) is 0. The van der Waals surface area contributed by atoms with Crippen molar-refractivity contribution in [2.75, 3.05) is 13.2 Å². The van der Waals surface area contributed by atoms with Crippen molar-refractivity contribution in [2.24, 2.45) is 0 Å². The van der Waals surface area contributed by atoms with Gasteiger partial charge in [0.05, 0.1) is 0 Å². The largest absolute Gasteiger partial charge is 0.462 e. The molecule has 0 aliphatic rings. The maximum absolute atomic E-state index is 12.9. The number of esters is 3. The van der Waals surface area contributed by atoms with Crippen molar-refractivity contribution in [3.63, 3.8) is 0 Å². The van der Waals surface area contributed by atoms with Crippen molar-refractivity contribution in [3.05, 3.63) is 109 Å². The van der Waals surface area contributed by atoms with E-state index in [2.05, 4.69) is 130 Å². The summed E-state index contributed by atoms with van der Waals surface area (Å²) in [5.74, 6) is -0.889. The van der Waals surface area contributed by atoms with Gasteiger partial charge in [0.15, 0.2) is 6.10 Å². The highest BCUT2D eigenvalue weighted by Crippen LogP contribution is 2.16. The van der Waals surface area contributed by atoms with Gasteiger partial charge in [-0.15, -0.1) is 0 Å². The average molecular weight is 1140 g/mol. The second-order valence-electron chi connectivity index (χ2n) is 23.1. The minimum absolute atomic E-state index is 0.0836. The fourth-order valence-corrected chi connectivity index (χ4v) is 9.77. The molecule has 0 fully saturated rings. The lowest BCUT2D eigenvalue weighted by atomic mass is 10.0. The summed E-state index contributed by atoms with van der Waals surface area (Å²) in [5, 5.41) is 0. The van der Waals surface area contributed by atoms with Gasteiger partial charge in [0.2, 0.25) is 0 Å². The summed E-state index contributed by atoms with van der Waals surface area (Å²) in [6.07, 6.45) is 95.3. The highest BCUT2D eigenvalue weighted by molar-refractivity contribution is 5.71. The third-order valence-corrected chi connectivity index (χ3v) is 15.0. The normalized spacial score (nSPS) is 12.8. The summed E-state index contributed by atoms with van der Waals surface area (Å²) >= 11 is 0. The fourth-order valence-electron chi connectivity index (χ4n) is 9.77. The van der Waals surface area contributed by atoms with Gasteiger partial charge in [-0.2, -0.15) is 0 Å². The van der Waals surface area contributed by atoms with Crippen LogP contribution < -0.4 is 0 Å². The Hall–Kier alpha value is -3.93. The minimum Gasteiger partial charge on any atom is -0.462 e. The van der Waals surface area contributed by atoms with Gasteiger partial charge in [-0.05, 0) is 128 Å². The SMILES string of the molecule is CC/C=C\C/C=C\C/C=C\C/C=C\C/C=C\C/C=C\CCCCCCCCCCCCCCC(=O)OCC(COC(=O)CCCCCCC/C=C\CCCCCCCC)OC(=O)CCCCCCCCC/C=C\C/C=C\CCCCCC. The van der Waals surface area contributed by atoms with E-state index in [1.807, 2.05) is 0 Å². The summed E-state index contributed by atoms with van der Waals surface area (Å²) in [4.78, 5) is 38.4. The Morgan fingerprint density at radius 3 is 0.768 bits per heavy atom. The third-order valence-electron chi connectivity index (χ3n) is 15.0. The molecular weight excluding hydrogens is 1010 g/mol. The van der Waals surface area contributed by atoms with Crippen LogP contribution in [0, 0.1) is 0 Å². The number of unbranched alkanes of at least 4 members (excludes halogenated alkanes) is 34. The number of allylic oxidation sites excluding steroid dienone is 18. The molecule has 0 amide bonds. The first-order valence-electron chi connectivity index (χ1n) is 34.9. The van der Waals surface area contributed by atoms with Gasteiger partial charge < -0.3 is 14.2 Å². The maximum Gasteiger partial charge on any atom is 0.306 e. The quantitative estimate of drug-likeness (QED) is 0.0261. The van der Waals surface area contributed by atoms with Crippen molar-refractivity contribution in [1.29, 1.82) is 0 Å². The number of ether oxygens (including phenoxy) is 3. The summed E-state index contributed by atoms with van der Waals surface area (Å²) in [5.41, 5.74) is 0. The Balaban J connectivity index is 4.29. The molecular formula is C76H130O6. The first-order valence-corrected chi connectivity index (χ1v) is 34.9. The van der Waals surface area contributed by atoms with E-state index < -0.39 is 6.10 Å². The molecule has 1 atom stereocenters. The molecule has 0 aliphatic carbocycles. The van der Waals surface area contributed by atoms with Gasteiger partial charge in [-0.25, -0.2) is 0 Å².